The number of nitrogens with zero attached hydrogens (tertiary/aromatic N) is 2. The standard InChI is InChI=1S/C7H10N4O2S/c12-6-7(13)11(4-9-10-6)3-5-8-1-2-14-5/h4-5,8H,1-3H2,(H,10,12). The third-order valence-corrected chi connectivity index (χ3v) is 3.13. The Morgan fingerprint density at radius 1 is 1.64 bits per heavy atom. The summed E-state index contributed by atoms with van der Waals surface area (Å²) in [6.07, 6.45) is 1.35. The van der Waals surface area contributed by atoms with E-state index in [1.54, 1.807) is 11.8 Å². The number of aromatic amines is 1. The smallest absolute Gasteiger partial charge is 0.303 e. The molecule has 0 amide bonds. The molecule has 2 N–H and O–H groups in total. The number of thioether (sulfide) groups is 1. The number of nitrogens with one attached hydrogen (secondary N) is 2. The molecule has 0 aliphatic carbocycles. The van der Waals surface area contributed by atoms with Crippen molar-refractivity contribution in [3.05, 3.63) is 27.0 Å². The van der Waals surface area contributed by atoms with Gasteiger partial charge in [-0.25, -0.2) is 5.10 Å². The fourth-order valence-corrected chi connectivity index (χ4v) is 2.32. The van der Waals surface area contributed by atoms with Crippen LogP contribution in [-0.2, 0) is 6.54 Å². The summed E-state index contributed by atoms with van der Waals surface area (Å²) in [5.41, 5.74) is -1.22. The van der Waals surface area contributed by atoms with Gasteiger partial charge < -0.3 is 5.32 Å². The van der Waals surface area contributed by atoms with Crippen LogP contribution in [0.2, 0.25) is 0 Å². The lowest BCUT2D eigenvalue weighted by molar-refractivity contribution is 0.563. The van der Waals surface area contributed by atoms with Gasteiger partial charge in [0.1, 0.15) is 6.33 Å². The molecule has 0 radical (unpaired) electrons. The molecule has 0 bridgehead atoms. The summed E-state index contributed by atoms with van der Waals surface area (Å²) in [6.45, 7) is 1.43. The van der Waals surface area contributed by atoms with E-state index in [-0.39, 0.29) is 5.37 Å². The molecule has 1 aliphatic rings. The van der Waals surface area contributed by atoms with Crippen molar-refractivity contribution in [3.8, 4) is 0 Å². The minimum Gasteiger partial charge on any atom is -0.303 e. The van der Waals surface area contributed by atoms with E-state index in [1.165, 1.54) is 10.9 Å². The molecule has 76 valence electrons. The molecule has 1 fully saturated rings. The normalized spacial score (nSPS) is 21.3. The topological polar surface area (TPSA) is 79.8 Å². The summed E-state index contributed by atoms with van der Waals surface area (Å²) >= 11 is 1.74. The molecule has 6 nitrogen and oxygen atoms in total. The van der Waals surface area contributed by atoms with Crippen LogP contribution < -0.4 is 16.4 Å². The second-order valence-electron chi connectivity index (χ2n) is 2.96. The largest absolute Gasteiger partial charge is 0.330 e. The number of hydrogen-bond acceptors (Lipinski definition) is 5. The van der Waals surface area contributed by atoms with Crippen LogP contribution >= 0.6 is 11.8 Å². The van der Waals surface area contributed by atoms with E-state index >= 15 is 0 Å². The third-order valence-electron chi connectivity index (χ3n) is 1.97. The van der Waals surface area contributed by atoms with Gasteiger partial charge in [0.05, 0.1) is 11.9 Å². The molecular weight excluding hydrogens is 204 g/mol. The fraction of sp³-hybridized carbons (Fsp3) is 0.571. The summed E-state index contributed by atoms with van der Waals surface area (Å²) in [5.74, 6) is 1.04. The van der Waals surface area contributed by atoms with Crippen LogP contribution in [0.15, 0.2) is 15.9 Å². The third kappa shape index (κ3) is 1.88. The lowest BCUT2D eigenvalue weighted by Crippen LogP contribution is -2.40. The highest BCUT2D eigenvalue weighted by molar-refractivity contribution is 8.00. The lowest BCUT2D eigenvalue weighted by atomic mass is 10.5. The van der Waals surface area contributed by atoms with Crippen molar-refractivity contribution < 1.29 is 0 Å². The fourth-order valence-electron chi connectivity index (χ4n) is 1.29. The Hall–Kier alpha value is -1.08. The molecular formula is C7H10N4O2S. The zero-order chi connectivity index (χ0) is 9.97. The molecule has 7 heteroatoms. The van der Waals surface area contributed by atoms with Crippen LogP contribution in [-0.4, -0.2) is 32.4 Å². The summed E-state index contributed by atoms with van der Waals surface area (Å²) in [7, 11) is 0. The molecule has 1 aromatic rings. The molecule has 1 aliphatic heterocycles. The molecule has 0 saturated carbocycles. The van der Waals surface area contributed by atoms with Gasteiger partial charge in [0.25, 0.3) is 0 Å². The SMILES string of the molecule is O=c1[nH]ncn(CC2NCCS2)c1=O. The molecule has 2 rings (SSSR count). The van der Waals surface area contributed by atoms with Crippen molar-refractivity contribution in [2.24, 2.45) is 0 Å². The Morgan fingerprint density at radius 2 is 2.50 bits per heavy atom. The first-order valence-corrected chi connectivity index (χ1v) is 5.31. The highest BCUT2D eigenvalue weighted by Gasteiger charge is 2.15. The van der Waals surface area contributed by atoms with Gasteiger partial charge in [-0.1, -0.05) is 0 Å². The zero-order valence-electron chi connectivity index (χ0n) is 7.40. The van der Waals surface area contributed by atoms with Crippen LogP contribution in [0, 0.1) is 0 Å². The molecule has 0 aromatic carbocycles. The first kappa shape index (κ1) is 9.47. The molecule has 2 heterocycles. The molecule has 1 saturated heterocycles. The van der Waals surface area contributed by atoms with Crippen LogP contribution in [0.25, 0.3) is 0 Å². The van der Waals surface area contributed by atoms with Gasteiger partial charge in [0.15, 0.2) is 0 Å². The maximum atomic E-state index is 11.3. The summed E-state index contributed by atoms with van der Waals surface area (Å²) in [4.78, 5) is 22.2. The van der Waals surface area contributed by atoms with Gasteiger partial charge in [-0.2, -0.15) is 5.10 Å². The molecule has 14 heavy (non-hydrogen) atoms. The quantitative estimate of drug-likeness (QED) is 0.591. The minimum absolute atomic E-state index is 0.205. The van der Waals surface area contributed by atoms with Crippen LogP contribution in [0.3, 0.4) is 0 Å². The van der Waals surface area contributed by atoms with Crippen molar-refractivity contribution in [2.45, 2.75) is 11.9 Å². The number of H-pyrrole nitrogens is 1. The Kier molecular flexibility index (Phi) is 2.69. The Bertz CT molecular complexity index is 420. The second-order valence-corrected chi connectivity index (χ2v) is 4.27. The zero-order valence-corrected chi connectivity index (χ0v) is 8.21. The Balaban J connectivity index is 2.20. The van der Waals surface area contributed by atoms with E-state index in [4.69, 9.17) is 0 Å². The molecule has 0 spiro atoms. The van der Waals surface area contributed by atoms with Gasteiger partial charge in [0.2, 0.25) is 0 Å². The summed E-state index contributed by atoms with van der Waals surface area (Å²) < 4.78 is 1.33. The van der Waals surface area contributed by atoms with Crippen molar-refractivity contribution >= 4 is 11.8 Å². The molecule has 1 aromatic heterocycles. The average Bonchev–Trinajstić information content (AvgIpc) is 2.66. The van der Waals surface area contributed by atoms with Crippen molar-refractivity contribution in [1.29, 1.82) is 0 Å². The summed E-state index contributed by atoms with van der Waals surface area (Å²) in [5, 5.41) is 9.09. The van der Waals surface area contributed by atoms with E-state index in [0.717, 1.165) is 12.3 Å². The Morgan fingerprint density at radius 3 is 3.21 bits per heavy atom. The van der Waals surface area contributed by atoms with Crippen molar-refractivity contribution in [1.82, 2.24) is 20.1 Å². The predicted molar refractivity (Wildman–Crippen MR) is 53.4 cm³/mol. The summed E-state index contributed by atoms with van der Waals surface area (Å²) in [6, 6.07) is 0. The van der Waals surface area contributed by atoms with E-state index in [1.807, 2.05) is 0 Å². The highest BCUT2D eigenvalue weighted by Crippen LogP contribution is 2.14. The van der Waals surface area contributed by atoms with E-state index in [2.05, 4.69) is 15.5 Å². The van der Waals surface area contributed by atoms with Crippen molar-refractivity contribution in [3.63, 3.8) is 0 Å². The lowest BCUT2D eigenvalue weighted by Gasteiger charge is -2.09. The number of rotatable bonds is 2. The van der Waals surface area contributed by atoms with Crippen molar-refractivity contribution in [2.75, 3.05) is 12.3 Å². The molecule has 1 atom stereocenters. The first-order chi connectivity index (χ1) is 6.77. The minimum atomic E-state index is -0.671. The molecule has 1 unspecified atom stereocenters. The van der Waals surface area contributed by atoms with Gasteiger partial charge in [-0.15, -0.1) is 11.8 Å². The van der Waals surface area contributed by atoms with Gasteiger partial charge >= 0.3 is 11.1 Å². The van der Waals surface area contributed by atoms with Gasteiger partial charge in [-0.3, -0.25) is 14.2 Å². The van der Waals surface area contributed by atoms with Crippen LogP contribution in [0.5, 0.6) is 0 Å². The number of aromatic nitrogens is 3. The average molecular weight is 214 g/mol. The van der Waals surface area contributed by atoms with Crippen LogP contribution in [0.4, 0.5) is 0 Å². The first-order valence-electron chi connectivity index (χ1n) is 4.26. The van der Waals surface area contributed by atoms with Gasteiger partial charge in [0, 0.05) is 12.3 Å². The second kappa shape index (κ2) is 3.97. The predicted octanol–water partition coefficient (Wildman–Crippen LogP) is -1.41. The van der Waals surface area contributed by atoms with E-state index in [0.29, 0.717) is 6.54 Å². The monoisotopic (exact) mass is 214 g/mol. The highest BCUT2D eigenvalue weighted by atomic mass is 32.2. The van der Waals surface area contributed by atoms with E-state index < -0.39 is 11.1 Å². The maximum absolute atomic E-state index is 11.3. The number of hydrogen-bond donors (Lipinski definition) is 2. The van der Waals surface area contributed by atoms with E-state index in [9.17, 15) is 9.59 Å². The van der Waals surface area contributed by atoms with Gasteiger partial charge in [-0.05, 0) is 0 Å². The van der Waals surface area contributed by atoms with Crippen LogP contribution in [0.1, 0.15) is 0 Å². The Labute approximate surface area is 83.7 Å². The maximum Gasteiger partial charge on any atom is 0.330 e.